The van der Waals surface area contributed by atoms with Crippen LogP contribution in [0.15, 0.2) is 123 Å². The number of amides is 2. The van der Waals surface area contributed by atoms with Gasteiger partial charge in [-0.3, -0.25) is 13.9 Å². The summed E-state index contributed by atoms with van der Waals surface area (Å²) in [4.78, 5) is 30.2. The minimum absolute atomic E-state index is 0.0538. The van der Waals surface area contributed by atoms with Gasteiger partial charge in [0.1, 0.15) is 12.6 Å². The normalized spacial score (nSPS) is 14.1. The topological polar surface area (TPSA) is 86.8 Å². The van der Waals surface area contributed by atoms with Crippen LogP contribution in [0.3, 0.4) is 0 Å². The SMILES string of the molecule is O=C(NC1CCCC1)[C@@H](Cc1ccccc1)N(Cc1ccc(Br)cc1)C(=O)CN(c1ccc(Br)cc1)S(=O)(=O)c1ccccc1. The number of benzene rings is 4. The molecule has 4 aromatic carbocycles. The lowest BCUT2D eigenvalue weighted by Gasteiger charge is -2.34. The monoisotopic (exact) mass is 751 g/mol. The molecule has 0 spiro atoms. The number of rotatable bonds is 12. The van der Waals surface area contributed by atoms with Crippen molar-refractivity contribution in [3.8, 4) is 0 Å². The lowest BCUT2D eigenvalue weighted by Crippen LogP contribution is -2.54. The molecule has 1 aliphatic carbocycles. The molecule has 10 heteroatoms. The first-order valence-electron chi connectivity index (χ1n) is 14.9. The summed E-state index contributed by atoms with van der Waals surface area (Å²) in [6.45, 7) is -0.362. The van der Waals surface area contributed by atoms with Crippen molar-refractivity contribution in [3.63, 3.8) is 0 Å². The van der Waals surface area contributed by atoms with Crippen LogP contribution in [0.2, 0.25) is 0 Å². The van der Waals surface area contributed by atoms with E-state index < -0.39 is 28.5 Å². The van der Waals surface area contributed by atoms with Crippen molar-refractivity contribution < 1.29 is 18.0 Å². The van der Waals surface area contributed by atoms with Crippen molar-refractivity contribution in [1.82, 2.24) is 10.2 Å². The third-order valence-electron chi connectivity index (χ3n) is 7.96. The molecular formula is C35H35Br2N3O4S. The third kappa shape index (κ3) is 8.62. The summed E-state index contributed by atoms with van der Waals surface area (Å²) in [6, 6.07) is 31.2. The van der Waals surface area contributed by atoms with Gasteiger partial charge in [-0.2, -0.15) is 0 Å². The van der Waals surface area contributed by atoms with Gasteiger partial charge in [-0.05, 0) is 72.5 Å². The summed E-state index contributed by atoms with van der Waals surface area (Å²) in [5, 5.41) is 3.20. The van der Waals surface area contributed by atoms with Gasteiger partial charge < -0.3 is 10.2 Å². The van der Waals surface area contributed by atoms with Crippen LogP contribution >= 0.6 is 31.9 Å². The van der Waals surface area contributed by atoms with Gasteiger partial charge in [-0.1, -0.05) is 105 Å². The minimum Gasteiger partial charge on any atom is -0.352 e. The summed E-state index contributed by atoms with van der Waals surface area (Å²) in [7, 11) is -4.13. The predicted molar refractivity (Wildman–Crippen MR) is 184 cm³/mol. The molecule has 0 saturated heterocycles. The fraction of sp³-hybridized carbons (Fsp3) is 0.257. The highest BCUT2D eigenvalue weighted by atomic mass is 79.9. The molecule has 0 aromatic heterocycles. The molecule has 7 nitrogen and oxygen atoms in total. The lowest BCUT2D eigenvalue weighted by molar-refractivity contribution is -0.140. The molecule has 2 amide bonds. The van der Waals surface area contributed by atoms with Gasteiger partial charge in [0.25, 0.3) is 10.0 Å². The van der Waals surface area contributed by atoms with Crippen molar-refractivity contribution in [3.05, 3.63) is 129 Å². The molecule has 0 radical (unpaired) electrons. The lowest BCUT2D eigenvalue weighted by atomic mass is 10.0. The van der Waals surface area contributed by atoms with E-state index in [-0.39, 0.29) is 29.8 Å². The summed E-state index contributed by atoms with van der Waals surface area (Å²) >= 11 is 6.89. The Labute approximate surface area is 281 Å². The molecule has 1 fully saturated rings. The molecular weight excluding hydrogens is 718 g/mol. The van der Waals surface area contributed by atoms with Gasteiger partial charge in [0.05, 0.1) is 10.6 Å². The van der Waals surface area contributed by atoms with Crippen LogP contribution in [0.4, 0.5) is 5.69 Å². The van der Waals surface area contributed by atoms with Crippen molar-refractivity contribution >= 4 is 59.4 Å². The summed E-state index contributed by atoms with van der Waals surface area (Å²) in [5.41, 5.74) is 2.06. The van der Waals surface area contributed by atoms with E-state index in [0.717, 1.165) is 50.1 Å². The highest BCUT2D eigenvalue weighted by molar-refractivity contribution is 9.10. The number of anilines is 1. The Morgan fingerprint density at radius 3 is 1.91 bits per heavy atom. The number of hydrogen-bond donors (Lipinski definition) is 1. The molecule has 1 aliphatic rings. The molecule has 0 bridgehead atoms. The maximum absolute atomic E-state index is 14.5. The summed E-state index contributed by atoms with van der Waals surface area (Å²) in [6.07, 6.45) is 4.18. The zero-order chi connectivity index (χ0) is 31.8. The van der Waals surface area contributed by atoms with E-state index in [2.05, 4.69) is 37.2 Å². The van der Waals surface area contributed by atoms with E-state index in [1.54, 1.807) is 42.5 Å². The first kappa shape index (κ1) is 32.9. The molecule has 5 rings (SSSR count). The fourth-order valence-electron chi connectivity index (χ4n) is 5.56. The van der Waals surface area contributed by atoms with Crippen molar-refractivity contribution in [2.45, 2.75) is 55.6 Å². The van der Waals surface area contributed by atoms with Gasteiger partial charge in [0, 0.05) is 28.0 Å². The Hall–Kier alpha value is -3.47. The van der Waals surface area contributed by atoms with Crippen LogP contribution in [0.25, 0.3) is 0 Å². The van der Waals surface area contributed by atoms with Crippen LogP contribution in [-0.4, -0.2) is 43.8 Å². The second kappa shape index (κ2) is 15.2. The van der Waals surface area contributed by atoms with Crippen LogP contribution in [-0.2, 0) is 32.6 Å². The van der Waals surface area contributed by atoms with Gasteiger partial charge in [0.15, 0.2) is 0 Å². The molecule has 4 aromatic rings. The van der Waals surface area contributed by atoms with Gasteiger partial charge in [-0.25, -0.2) is 8.42 Å². The Balaban J connectivity index is 1.55. The fourth-order valence-corrected chi connectivity index (χ4v) is 7.53. The average molecular weight is 754 g/mol. The van der Waals surface area contributed by atoms with Gasteiger partial charge in [-0.15, -0.1) is 0 Å². The molecule has 45 heavy (non-hydrogen) atoms. The Morgan fingerprint density at radius 2 is 1.31 bits per heavy atom. The number of halogens is 2. The number of carbonyl (C=O) groups excluding carboxylic acids is 2. The van der Waals surface area contributed by atoms with E-state index in [1.165, 1.54) is 17.0 Å². The maximum atomic E-state index is 14.5. The van der Waals surface area contributed by atoms with Crippen LogP contribution in [0.1, 0.15) is 36.8 Å². The number of sulfonamides is 1. The Morgan fingerprint density at radius 1 is 0.756 bits per heavy atom. The van der Waals surface area contributed by atoms with Crippen molar-refractivity contribution in [1.29, 1.82) is 0 Å². The van der Waals surface area contributed by atoms with Gasteiger partial charge in [0.2, 0.25) is 11.8 Å². The summed E-state index contributed by atoms with van der Waals surface area (Å²) < 4.78 is 30.9. The van der Waals surface area contributed by atoms with Crippen molar-refractivity contribution in [2.24, 2.45) is 0 Å². The number of hydrogen-bond acceptors (Lipinski definition) is 4. The zero-order valence-corrected chi connectivity index (χ0v) is 28.7. The average Bonchev–Trinajstić information content (AvgIpc) is 3.57. The van der Waals surface area contributed by atoms with Crippen molar-refractivity contribution in [2.75, 3.05) is 10.8 Å². The largest absolute Gasteiger partial charge is 0.352 e. The number of nitrogens with zero attached hydrogens (tertiary/aromatic N) is 2. The van der Waals surface area contributed by atoms with Crippen LogP contribution in [0, 0.1) is 0 Å². The zero-order valence-electron chi connectivity index (χ0n) is 24.7. The molecule has 0 unspecified atom stereocenters. The Kier molecular flexibility index (Phi) is 11.1. The van der Waals surface area contributed by atoms with E-state index >= 15 is 0 Å². The smallest absolute Gasteiger partial charge is 0.264 e. The molecule has 234 valence electrons. The van der Waals surface area contributed by atoms with Gasteiger partial charge >= 0.3 is 0 Å². The van der Waals surface area contributed by atoms with E-state index in [0.29, 0.717) is 5.69 Å². The predicted octanol–water partition coefficient (Wildman–Crippen LogP) is 7.11. The molecule has 1 atom stereocenters. The third-order valence-corrected chi connectivity index (χ3v) is 10.8. The van der Waals surface area contributed by atoms with Crippen LogP contribution in [0.5, 0.6) is 0 Å². The summed E-state index contributed by atoms with van der Waals surface area (Å²) in [5.74, 6) is -0.722. The van der Waals surface area contributed by atoms with Crippen LogP contribution < -0.4 is 9.62 Å². The highest BCUT2D eigenvalue weighted by Gasteiger charge is 2.35. The quantitative estimate of drug-likeness (QED) is 0.167. The van der Waals surface area contributed by atoms with E-state index in [4.69, 9.17) is 0 Å². The minimum atomic E-state index is -4.13. The maximum Gasteiger partial charge on any atom is 0.264 e. The van der Waals surface area contributed by atoms with E-state index in [9.17, 15) is 18.0 Å². The highest BCUT2D eigenvalue weighted by Crippen LogP contribution is 2.27. The van der Waals surface area contributed by atoms with E-state index in [1.807, 2.05) is 54.6 Å². The second-order valence-electron chi connectivity index (χ2n) is 11.1. The first-order chi connectivity index (χ1) is 21.7. The number of nitrogens with one attached hydrogen (secondary N) is 1. The molecule has 0 aliphatic heterocycles. The first-order valence-corrected chi connectivity index (χ1v) is 17.9. The molecule has 1 N–H and O–H groups in total. The standard InChI is InChI=1S/C35H35Br2N3O4S/c36-28-17-15-27(16-18-28)24-39(33(23-26-9-3-1-4-10-26)35(42)38-30-11-7-8-12-30)34(41)25-40(31-21-19-29(37)20-22-31)45(43,44)32-13-5-2-6-14-32/h1-6,9-10,13-22,30,33H,7-8,11-12,23-25H2,(H,38,42)/t33-/m1/s1. The molecule has 0 heterocycles. The second-order valence-corrected chi connectivity index (χ2v) is 14.8. The number of carbonyl (C=O) groups is 2. The molecule has 1 saturated carbocycles. The Bertz CT molecular complexity index is 1680.